The Bertz CT molecular complexity index is 419. The van der Waals surface area contributed by atoms with E-state index in [2.05, 4.69) is 4.74 Å². The topological polar surface area (TPSA) is 63.7 Å². The third-order valence-electron chi connectivity index (χ3n) is 2.12. The summed E-state index contributed by atoms with van der Waals surface area (Å²) in [5.41, 5.74) is 0.145. The van der Waals surface area contributed by atoms with E-state index >= 15 is 0 Å². The number of carbonyl (C=O) groups excluding carboxylic acids is 1. The molecule has 1 aliphatic rings. The monoisotopic (exact) mass is 231 g/mol. The number of ether oxygens (including phenoxy) is 1. The molecule has 6 heteroatoms. The van der Waals surface area contributed by atoms with Gasteiger partial charge in [0.05, 0.1) is 12.7 Å². The van der Waals surface area contributed by atoms with Crippen LogP contribution in [0.1, 0.15) is 0 Å². The third kappa shape index (κ3) is 2.10. The summed E-state index contributed by atoms with van der Waals surface area (Å²) in [5, 5.41) is -0.931. The molecule has 1 aliphatic carbocycles. The van der Waals surface area contributed by atoms with Crippen molar-refractivity contribution in [3.63, 3.8) is 0 Å². The van der Waals surface area contributed by atoms with Crippen LogP contribution in [0.5, 0.6) is 0 Å². The molecular weight excluding hydrogens is 218 g/mol. The van der Waals surface area contributed by atoms with Crippen molar-refractivity contribution < 1.29 is 17.9 Å². The Hall–Kier alpha value is -1.14. The molecule has 1 rings (SSSR count). The minimum Gasteiger partial charge on any atom is -0.466 e. The van der Waals surface area contributed by atoms with Gasteiger partial charge in [0.25, 0.3) is 0 Å². The van der Waals surface area contributed by atoms with Gasteiger partial charge in [0.15, 0.2) is 0 Å². The van der Waals surface area contributed by atoms with Crippen molar-refractivity contribution in [1.82, 2.24) is 4.31 Å². The van der Waals surface area contributed by atoms with Crippen molar-refractivity contribution in [3.8, 4) is 0 Å². The molecule has 84 valence electrons. The van der Waals surface area contributed by atoms with Crippen molar-refractivity contribution in [2.75, 3.05) is 21.2 Å². The van der Waals surface area contributed by atoms with E-state index in [9.17, 15) is 13.2 Å². The van der Waals surface area contributed by atoms with Crippen molar-refractivity contribution >= 4 is 16.0 Å². The van der Waals surface area contributed by atoms with Crippen LogP contribution in [0.15, 0.2) is 23.8 Å². The summed E-state index contributed by atoms with van der Waals surface area (Å²) < 4.78 is 29.2. The number of hydrogen-bond acceptors (Lipinski definition) is 4. The van der Waals surface area contributed by atoms with Crippen LogP contribution in [-0.2, 0) is 19.6 Å². The summed E-state index contributed by atoms with van der Waals surface area (Å²) in [5.74, 6) is -0.615. The fourth-order valence-corrected chi connectivity index (χ4v) is 2.49. The molecule has 0 saturated heterocycles. The number of sulfonamides is 1. The van der Waals surface area contributed by atoms with Crippen LogP contribution in [-0.4, -0.2) is 45.1 Å². The average molecular weight is 231 g/mol. The highest BCUT2D eigenvalue weighted by atomic mass is 32.2. The van der Waals surface area contributed by atoms with Crippen molar-refractivity contribution in [2.45, 2.75) is 5.25 Å². The Labute approximate surface area is 89.1 Å². The lowest BCUT2D eigenvalue weighted by molar-refractivity contribution is -0.136. The first kappa shape index (κ1) is 11.9. The van der Waals surface area contributed by atoms with E-state index in [1.807, 2.05) is 0 Å². The molecule has 0 heterocycles. The van der Waals surface area contributed by atoms with Crippen LogP contribution in [0.4, 0.5) is 0 Å². The maximum atomic E-state index is 11.8. The van der Waals surface area contributed by atoms with Crippen molar-refractivity contribution in [1.29, 1.82) is 0 Å². The Morgan fingerprint density at radius 1 is 1.47 bits per heavy atom. The normalized spacial score (nSPS) is 20.5. The van der Waals surface area contributed by atoms with Gasteiger partial charge >= 0.3 is 5.97 Å². The Balaban J connectivity index is 3.04. The standard InChI is InChI=1S/C9H13NO4S/c1-10(2)15(12,13)8-6-4-5-7(8)9(11)14-3/h4-6,8H,1-3H3. The minimum absolute atomic E-state index is 0.145. The zero-order valence-corrected chi connectivity index (χ0v) is 9.61. The molecule has 0 spiro atoms. The van der Waals surface area contributed by atoms with E-state index in [0.717, 1.165) is 4.31 Å². The number of hydrogen-bond donors (Lipinski definition) is 0. The Morgan fingerprint density at radius 3 is 2.53 bits per heavy atom. The Kier molecular flexibility index (Phi) is 3.31. The maximum absolute atomic E-state index is 11.8. The second-order valence-corrected chi connectivity index (χ2v) is 5.51. The SMILES string of the molecule is COC(=O)C1=CC=CC1S(=O)(=O)N(C)C. The Morgan fingerprint density at radius 2 is 2.07 bits per heavy atom. The number of nitrogens with zero attached hydrogens (tertiary/aromatic N) is 1. The lowest BCUT2D eigenvalue weighted by Crippen LogP contribution is -2.34. The van der Waals surface area contributed by atoms with Gasteiger partial charge in [-0.3, -0.25) is 0 Å². The van der Waals surface area contributed by atoms with Crippen molar-refractivity contribution in [2.24, 2.45) is 0 Å². The maximum Gasteiger partial charge on any atom is 0.335 e. The first-order chi connectivity index (χ1) is 6.91. The van der Waals surface area contributed by atoms with Crippen LogP contribution in [0, 0.1) is 0 Å². The first-order valence-corrected chi connectivity index (χ1v) is 5.79. The second kappa shape index (κ2) is 4.16. The highest BCUT2D eigenvalue weighted by molar-refractivity contribution is 7.90. The van der Waals surface area contributed by atoms with Gasteiger partial charge in [0.2, 0.25) is 10.0 Å². The average Bonchev–Trinajstić information content (AvgIpc) is 2.65. The molecule has 0 radical (unpaired) electrons. The molecule has 0 aromatic rings. The van der Waals surface area contributed by atoms with Crippen LogP contribution in [0.2, 0.25) is 0 Å². The van der Waals surface area contributed by atoms with Gasteiger partial charge in [-0.1, -0.05) is 18.2 Å². The van der Waals surface area contributed by atoms with Gasteiger partial charge < -0.3 is 4.74 Å². The highest BCUT2D eigenvalue weighted by Gasteiger charge is 2.34. The van der Waals surface area contributed by atoms with Gasteiger partial charge in [-0.05, 0) is 0 Å². The zero-order valence-electron chi connectivity index (χ0n) is 8.80. The molecule has 1 unspecified atom stereocenters. The van der Waals surface area contributed by atoms with E-state index in [4.69, 9.17) is 0 Å². The van der Waals surface area contributed by atoms with E-state index in [1.54, 1.807) is 0 Å². The predicted molar refractivity (Wildman–Crippen MR) is 55.6 cm³/mol. The van der Waals surface area contributed by atoms with Gasteiger partial charge in [-0.15, -0.1) is 0 Å². The molecule has 0 aliphatic heterocycles. The minimum atomic E-state index is -3.50. The van der Waals surface area contributed by atoms with E-state index < -0.39 is 21.2 Å². The number of methoxy groups -OCH3 is 1. The molecule has 1 atom stereocenters. The molecule has 0 aromatic carbocycles. The predicted octanol–water partition coefficient (Wildman–Crippen LogP) is -0.0844. The van der Waals surface area contributed by atoms with Crippen LogP contribution < -0.4 is 0 Å². The van der Waals surface area contributed by atoms with Crippen molar-refractivity contribution in [3.05, 3.63) is 23.8 Å². The fraction of sp³-hybridized carbons (Fsp3) is 0.444. The molecule has 0 fully saturated rings. The quantitative estimate of drug-likeness (QED) is 0.637. The van der Waals surface area contributed by atoms with Gasteiger partial charge in [0.1, 0.15) is 5.25 Å². The third-order valence-corrected chi connectivity index (χ3v) is 4.19. The van der Waals surface area contributed by atoms with Gasteiger partial charge in [0, 0.05) is 14.1 Å². The molecule has 0 saturated carbocycles. The van der Waals surface area contributed by atoms with Gasteiger partial charge in [-0.25, -0.2) is 17.5 Å². The molecule has 15 heavy (non-hydrogen) atoms. The summed E-state index contributed by atoms with van der Waals surface area (Å²) in [7, 11) is 0.574. The van der Waals surface area contributed by atoms with Crippen LogP contribution in [0.3, 0.4) is 0 Å². The molecule has 0 aromatic heterocycles. The second-order valence-electron chi connectivity index (χ2n) is 3.25. The molecule has 0 amide bonds. The highest BCUT2D eigenvalue weighted by Crippen LogP contribution is 2.22. The number of carbonyl (C=O) groups is 1. The number of esters is 1. The number of allylic oxidation sites excluding steroid dienone is 2. The van der Waals surface area contributed by atoms with E-state index in [0.29, 0.717) is 0 Å². The lowest BCUT2D eigenvalue weighted by atomic mass is 10.2. The zero-order chi connectivity index (χ0) is 11.6. The molecule has 5 nitrogen and oxygen atoms in total. The van der Waals surface area contributed by atoms with E-state index in [-0.39, 0.29) is 5.57 Å². The number of rotatable bonds is 3. The van der Waals surface area contributed by atoms with Gasteiger partial charge in [-0.2, -0.15) is 0 Å². The summed E-state index contributed by atoms with van der Waals surface area (Å²) in [6.07, 6.45) is 4.46. The van der Waals surface area contributed by atoms with Crippen LogP contribution in [0.25, 0.3) is 0 Å². The molecular formula is C9H13NO4S. The largest absolute Gasteiger partial charge is 0.466 e. The summed E-state index contributed by atoms with van der Waals surface area (Å²) in [6, 6.07) is 0. The molecule has 0 bridgehead atoms. The molecule has 0 N–H and O–H groups in total. The summed E-state index contributed by atoms with van der Waals surface area (Å²) >= 11 is 0. The lowest BCUT2D eigenvalue weighted by Gasteiger charge is -2.17. The summed E-state index contributed by atoms with van der Waals surface area (Å²) in [4.78, 5) is 11.3. The first-order valence-electron chi connectivity index (χ1n) is 4.29. The van der Waals surface area contributed by atoms with Crippen LogP contribution >= 0.6 is 0 Å². The summed E-state index contributed by atoms with van der Waals surface area (Å²) in [6.45, 7) is 0. The fourth-order valence-electron chi connectivity index (χ4n) is 1.25. The smallest absolute Gasteiger partial charge is 0.335 e. The van der Waals surface area contributed by atoms with E-state index in [1.165, 1.54) is 39.4 Å².